The van der Waals surface area contributed by atoms with Crippen LogP contribution in [-0.2, 0) is 9.59 Å². The Morgan fingerprint density at radius 2 is 2.04 bits per heavy atom. The van der Waals surface area contributed by atoms with Crippen molar-refractivity contribution in [1.82, 2.24) is 5.32 Å². The van der Waals surface area contributed by atoms with Crippen molar-refractivity contribution in [3.05, 3.63) is 10.5 Å². The molecule has 26 heavy (non-hydrogen) atoms. The summed E-state index contributed by atoms with van der Waals surface area (Å²) in [4.78, 5) is 25.1. The van der Waals surface area contributed by atoms with Crippen LogP contribution in [0.15, 0.2) is 10.5 Å². The molecule has 0 aromatic heterocycles. The van der Waals surface area contributed by atoms with Gasteiger partial charge in [0.05, 0.1) is 29.1 Å². The monoisotopic (exact) mass is 383 g/mol. The highest BCUT2D eigenvalue weighted by Crippen LogP contribution is 2.58. The number of carbonyl (C=O) groups is 2. The van der Waals surface area contributed by atoms with E-state index < -0.39 is 23.9 Å². The molecular formula is C19H29NO5S. The molecule has 0 aromatic rings. The third kappa shape index (κ3) is 3.23. The average molecular weight is 384 g/mol. The molecule has 7 heteroatoms. The van der Waals surface area contributed by atoms with Gasteiger partial charge in [0.1, 0.15) is 5.78 Å². The van der Waals surface area contributed by atoms with Crippen LogP contribution < -0.4 is 5.32 Å². The van der Waals surface area contributed by atoms with Crippen LogP contribution >= 0.6 is 11.8 Å². The minimum atomic E-state index is -1.02. The van der Waals surface area contributed by atoms with Gasteiger partial charge in [0.15, 0.2) is 0 Å². The quantitative estimate of drug-likeness (QED) is 0.531. The zero-order valence-electron chi connectivity index (χ0n) is 15.5. The second-order valence-electron chi connectivity index (χ2n) is 7.91. The molecule has 1 aliphatic heterocycles. The van der Waals surface area contributed by atoms with Gasteiger partial charge in [-0.05, 0) is 38.0 Å². The molecule has 146 valence electrons. The number of aliphatic hydroxyl groups is 2. The molecule has 2 aliphatic carbocycles. The van der Waals surface area contributed by atoms with E-state index in [1.165, 1.54) is 11.8 Å². The highest BCUT2D eigenvalue weighted by molar-refractivity contribution is 8.03. The van der Waals surface area contributed by atoms with Gasteiger partial charge in [-0.15, -0.1) is 11.8 Å². The highest BCUT2D eigenvalue weighted by atomic mass is 32.2. The Labute approximate surface area is 158 Å². The van der Waals surface area contributed by atoms with Crippen LogP contribution in [0.1, 0.15) is 46.5 Å². The summed E-state index contributed by atoms with van der Waals surface area (Å²) in [5.74, 6) is -2.36. The first kappa shape index (κ1) is 19.9. The number of Topliss-reactive ketones (excluding diaryl/α,β-unsaturated/α-hetero) is 1. The van der Waals surface area contributed by atoms with E-state index in [0.717, 1.165) is 30.6 Å². The van der Waals surface area contributed by atoms with Crippen molar-refractivity contribution in [2.75, 3.05) is 0 Å². The number of thioether (sulfide) groups is 1. The van der Waals surface area contributed by atoms with Gasteiger partial charge in [0.2, 0.25) is 0 Å². The normalized spacial score (nSPS) is 38.9. The lowest BCUT2D eigenvalue weighted by Gasteiger charge is -2.43. The summed E-state index contributed by atoms with van der Waals surface area (Å²) < 4.78 is 0. The van der Waals surface area contributed by atoms with Crippen molar-refractivity contribution in [2.45, 2.75) is 70.1 Å². The van der Waals surface area contributed by atoms with E-state index in [1.807, 2.05) is 13.8 Å². The van der Waals surface area contributed by atoms with Crippen molar-refractivity contribution in [3.8, 4) is 0 Å². The fraction of sp³-hybridized carbons (Fsp3) is 0.789. The lowest BCUT2D eigenvalue weighted by molar-refractivity contribution is -0.151. The summed E-state index contributed by atoms with van der Waals surface area (Å²) in [7, 11) is 0. The summed E-state index contributed by atoms with van der Waals surface area (Å²) in [6.45, 7) is 5.62. The molecule has 0 spiro atoms. The highest BCUT2D eigenvalue weighted by Gasteiger charge is 2.61. The van der Waals surface area contributed by atoms with Crippen molar-refractivity contribution in [3.63, 3.8) is 0 Å². The number of carboxylic acids is 1. The van der Waals surface area contributed by atoms with Crippen LogP contribution in [0.5, 0.6) is 0 Å². The Hall–Kier alpha value is -0.890. The number of hydrogen-bond acceptors (Lipinski definition) is 6. The maximum absolute atomic E-state index is 12.4. The maximum Gasteiger partial charge on any atom is 0.333 e. The van der Waals surface area contributed by atoms with Gasteiger partial charge in [0.25, 0.3) is 0 Å². The fourth-order valence-electron chi connectivity index (χ4n) is 4.93. The molecule has 1 saturated heterocycles. The number of ketones is 1. The molecule has 0 radical (unpaired) electrons. The Morgan fingerprint density at radius 3 is 2.62 bits per heavy atom. The van der Waals surface area contributed by atoms with Crippen LogP contribution in [0.4, 0.5) is 0 Å². The Morgan fingerprint density at radius 1 is 1.35 bits per heavy atom. The van der Waals surface area contributed by atoms with E-state index in [-0.39, 0.29) is 40.7 Å². The molecule has 2 unspecified atom stereocenters. The Bertz CT molecular complexity index is 619. The number of aliphatic hydroxyl groups excluding tert-OH is 2. The molecule has 8 atom stereocenters. The number of aliphatic carboxylic acids is 1. The number of fused-ring (bicyclic) bond motifs is 1. The van der Waals surface area contributed by atoms with Crippen LogP contribution in [0.2, 0.25) is 0 Å². The van der Waals surface area contributed by atoms with Gasteiger partial charge in [0, 0.05) is 16.9 Å². The number of carbonyl (C=O) groups excluding carboxylic acids is 1. The second kappa shape index (κ2) is 7.62. The van der Waals surface area contributed by atoms with Crippen LogP contribution in [0.25, 0.3) is 0 Å². The van der Waals surface area contributed by atoms with Gasteiger partial charge in [-0.3, -0.25) is 10.1 Å². The number of rotatable bonds is 7. The maximum atomic E-state index is 12.4. The van der Waals surface area contributed by atoms with Crippen LogP contribution in [-0.4, -0.2) is 50.7 Å². The van der Waals surface area contributed by atoms with Gasteiger partial charge >= 0.3 is 5.97 Å². The molecule has 3 aliphatic rings. The summed E-state index contributed by atoms with van der Waals surface area (Å²) in [6, 6.07) is 0.0432. The summed E-state index contributed by atoms with van der Waals surface area (Å²) in [5.41, 5.74) is 0.230. The largest absolute Gasteiger partial charge is 0.478 e. The Balaban J connectivity index is 1.75. The summed E-state index contributed by atoms with van der Waals surface area (Å²) >= 11 is 1.50. The smallest absolute Gasteiger partial charge is 0.333 e. The van der Waals surface area contributed by atoms with E-state index in [1.54, 1.807) is 6.92 Å². The van der Waals surface area contributed by atoms with Crippen LogP contribution in [0.3, 0.4) is 0 Å². The first-order valence-electron chi connectivity index (χ1n) is 9.57. The molecule has 3 rings (SSSR count). The van der Waals surface area contributed by atoms with Gasteiger partial charge in [-0.25, -0.2) is 4.79 Å². The van der Waals surface area contributed by atoms with Gasteiger partial charge in [-0.1, -0.05) is 20.3 Å². The van der Waals surface area contributed by atoms with Gasteiger partial charge in [-0.2, -0.15) is 0 Å². The van der Waals surface area contributed by atoms with Crippen molar-refractivity contribution in [2.24, 2.45) is 23.7 Å². The molecular weight excluding hydrogens is 354 g/mol. The first-order chi connectivity index (χ1) is 12.3. The SMILES string of the molecule is CCC[C@@H](O)[C@@H]1CCC(SC2=C(C(=O)O)C3C(=O)[C@H]([C@@H](C)O)[C@H]3[C@H]2C)N1. The van der Waals surface area contributed by atoms with E-state index in [4.69, 9.17) is 0 Å². The zero-order chi connectivity index (χ0) is 19.2. The van der Waals surface area contributed by atoms with E-state index in [2.05, 4.69) is 5.32 Å². The summed E-state index contributed by atoms with van der Waals surface area (Å²) in [6.07, 6.45) is 2.28. The standard InChI is InChI=1S/C19H29NO5S/c1-4-5-11(22)10-6-7-12(20-10)26-18-8(2)13-14(9(3)21)17(23)15(13)16(18)19(24)25/h8-15,20-22H,4-7H2,1-3H3,(H,24,25)/t8-,9-,10+,11-,12?,13-,14-,15?/m1/s1. The third-order valence-electron chi connectivity index (χ3n) is 6.21. The predicted molar refractivity (Wildman–Crippen MR) is 99.4 cm³/mol. The number of nitrogens with one attached hydrogen (secondary N) is 1. The second-order valence-corrected chi connectivity index (χ2v) is 9.15. The Kier molecular flexibility index (Phi) is 5.82. The van der Waals surface area contributed by atoms with Crippen molar-refractivity contribution < 1.29 is 24.9 Å². The molecule has 1 saturated carbocycles. The minimum Gasteiger partial charge on any atom is -0.478 e. The van der Waals surface area contributed by atoms with E-state index in [9.17, 15) is 24.9 Å². The van der Waals surface area contributed by atoms with Crippen LogP contribution in [0, 0.1) is 23.7 Å². The molecule has 0 bridgehead atoms. The lowest BCUT2D eigenvalue weighted by Crippen LogP contribution is -2.53. The predicted octanol–water partition coefficient (Wildman–Crippen LogP) is 1.76. The molecule has 0 aromatic carbocycles. The van der Waals surface area contributed by atoms with E-state index in [0.29, 0.717) is 0 Å². The zero-order valence-corrected chi connectivity index (χ0v) is 16.3. The van der Waals surface area contributed by atoms with E-state index >= 15 is 0 Å². The molecule has 1 heterocycles. The van der Waals surface area contributed by atoms with Gasteiger partial charge < -0.3 is 15.3 Å². The third-order valence-corrected chi connectivity index (χ3v) is 7.71. The molecule has 6 nitrogen and oxygen atoms in total. The molecule has 0 amide bonds. The number of hydrogen-bond donors (Lipinski definition) is 4. The van der Waals surface area contributed by atoms with Crippen molar-refractivity contribution in [1.29, 1.82) is 0 Å². The topological polar surface area (TPSA) is 107 Å². The summed E-state index contributed by atoms with van der Waals surface area (Å²) in [5, 5.41) is 33.3. The molecule has 2 fully saturated rings. The average Bonchev–Trinajstić information content (AvgIpc) is 3.11. The molecule has 4 N–H and O–H groups in total. The number of carboxylic acid groups (broad SMARTS) is 1. The van der Waals surface area contributed by atoms with Crippen molar-refractivity contribution >= 4 is 23.5 Å². The minimum absolute atomic E-state index is 0.0432. The lowest BCUT2D eigenvalue weighted by atomic mass is 9.59. The fourth-order valence-corrected chi connectivity index (χ4v) is 6.45. The number of allylic oxidation sites excluding steroid dienone is 1. The first-order valence-corrected chi connectivity index (χ1v) is 10.5.